The number of aliphatic hydroxyl groups excluding tert-OH is 1. The molecule has 4 nitrogen and oxygen atoms in total. The Labute approximate surface area is 81.4 Å². The molecule has 2 N–H and O–H groups in total. The van der Waals surface area contributed by atoms with Gasteiger partial charge in [0.1, 0.15) is 6.73 Å². The number of para-hydroxylation sites is 1. The number of nitrogens with zero attached hydrogens (tertiary/aromatic N) is 1. The van der Waals surface area contributed by atoms with E-state index < -0.39 is 0 Å². The lowest BCUT2D eigenvalue weighted by Gasteiger charge is -2.21. The molecule has 1 aliphatic heterocycles. The number of nitrogens with one attached hydrogen (secondary N) is 1. The van der Waals surface area contributed by atoms with Gasteiger partial charge < -0.3 is 10.5 Å². The zero-order valence-electron chi connectivity index (χ0n) is 7.47. The van der Waals surface area contributed by atoms with Crippen molar-refractivity contribution in [3.63, 3.8) is 0 Å². The number of benzene rings is 1. The fraction of sp³-hybridized carbons (Fsp3) is 0.100. The van der Waals surface area contributed by atoms with Crippen molar-refractivity contribution in [2.45, 2.75) is 0 Å². The number of hydrazine groups is 1. The van der Waals surface area contributed by atoms with Crippen LogP contribution in [0.5, 0.6) is 0 Å². The second-order valence-electron chi connectivity index (χ2n) is 2.91. The quantitative estimate of drug-likeness (QED) is 0.683. The molecule has 0 atom stereocenters. The molecule has 0 saturated heterocycles. The number of anilines is 1. The van der Waals surface area contributed by atoms with Gasteiger partial charge in [-0.05, 0) is 12.1 Å². The summed E-state index contributed by atoms with van der Waals surface area (Å²) in [6.07, 6.45) is 2.95. The standard InChI is InChI=1S/C10H10N2O2/c13-7-12-9-4-2-1-3-8(9)10(14)5-6-11-12/h1-6,11,13H,7H2. The second-order valence-corrected chi connectivity index (χ2v) is 2.91. The van der Waals surface area contributed by atoms with E-state index in [0.717, 1.165) is 0 Å². The van der Waals surface area contributed by atoms with Crippen LogP contribution in [-0.4, -0.2) is 17.6 Å². The van der Waals surface area contributed by atoms with Crippen LogP contribution in [0.1, 0.15) is 10.4 Å². The molecular weight excluding hydrogens is 180 g/mol. The summed E-state index contributed by atoms with van der Waals surface area (Å²) in [4.78, 5) is 11.5. The maximum Gasteiger partial charge on any atom is 0.189 e. The van der Waals surface area contributed by atoms with E-state index in [-0.39, 0.29) is 12.5 Å². The van der Waals surface area contributed by atoms with Gasteiger partial charge in [-0.3, -0.25) is 9.80 Å². The van der Waals surface area contributed by atoms with Gasteiger partial charge in [0.25, 0.3) is 0 Å². The molecule has 0 spiro atoms. The molecule has 1 aliphatic rings. The molecule has 1 aromatic rings. The fourth-order valence-corrected chi connectivity index (χ4v) is 1.40. The SMILES string of the molecule is O=C1C=CNN(CO)c2ccccc21. The summed E-state index contributed by atoms with van der Waals surface area (Å²) in [7, 11) is 0. The number of allylic oxidation sites excluding steroid dienone is 1. The molecule has 0 aliphatic carbocycles. The van der Waals surface area contributed by atoms with Gasteiger partial charge in [-0.25, -0.2) is 0 Å². The number of fused-ring (bicyclic) bond motifs is 1. The van der Waals surface area contributed by atoms with Crippen LogP contribution in [-0.2, 0) is 0 Å². The lowest BCUT2D eigenvalue weighted by Crippen LogP contribution is -2.34. The Hall–Kier alpha value is -1.81. The number of hydrogen-bond donors (Lipinski definition) is 2. The topological polar surface area (TPSA) is 52.6 Å². The molecule has 0 radical (unpaired) electrons. The lowest BCUT2D eigenvalue weighted by molar-refractivity contribution is 0.104. The Balaban J connectivity index is 2.53. The third kappa shape index (κ3) is 1.36. The molecule has 4 heteroatoms. The number of rotatable bonds is 1. The van der Waals surface area contributed by atoms with Crippen molar-refractivity contribution in [2.75, 3.05) is 11.7 Å². The summed E-state index contributed by atoms with van der Waals surface area (Å²) < 4.78 is 0. The van der Waals surface area contributed by atoms with E-state index in [1.807, 2.05) is 6.07 Å². The highest BCUT2D eigenvalue weighted by molar-refractivity contribution is 6.08. The van der Waals surface area contributed by atoms with Crippen LogP contribution in [0, 0.1) is 0 Å². The summed E-state index contributed by atoms with van der Waals surface area (Å²) in [6, 6.07) is 7.13. The third-order valence-electron chi connectivity index (χ3n) is 2.07. The van der Waals surface area contributed by atoms with Crippen LogP contribution in [0.25, 0.3) is 0 Å². The summed E-state index contributed by atoms with van der Waals surface area (Å²) in [5.41, 5.74) is 4.07. The van der Waals surface area contributed by atoms with E-state index in [4.69, 9.17) is 5.11 Å². The summed E-state index contributed by atoms with van der Waals surface area (Å²) in [5, 5.41) is 10.6. The van der Waals surface area contributed by atoms with Crippen LogP contribution in [0.15, 0.2) is 36.5 Å². The maximum absolute atomic E-state index is 11.5. The zero-order valence-corrected chi connectivity index (χ0v) is 7.47. The molecule has 0 amide bonds. The molecule has 0 aromatic heterocycles. The zero-order chi connectivity index (χ0) is 9.97. The van der Waals surface area contributed by atoms with Gasteiger partial charge in [-0.1, -0.05) is 12.1 Å². The number of aliphatic hydroxyl groups is 1. The molecular formula is C10H10N2O2. The minimum absolute atomic E-state index is 0.0657. The van der Waals surface area contributed by atoms with Gasteiger partial charge in [0.05, 0.1) is 5.69 Å². The predicted octanol–water partition coefficient (Wildman–Crippen LogP) is 0.657. The van der Waals surface area contributed by atoms with Gasteiger partial charge in [-0.2, -0.15) is 0 Å². The largest absolute Gasteiger partial charge is 0.375 e. The molecule has 14 heavy (non-hydrogen) atoms. The van der Waals surface area contributed by atoms with Crippen molar-refractivity contribution in [3.8, 4) is 0 Å². The van der Waals surface area contributed by atoms with Crippen molar-refractivity contribution in [1.29, 1.82) is 0 Å². The van der Waals surface area contributed by atoms with Crippen molar-refractivity contribution in [2.24, 2.45) is 0 Å². The lowest BCUT2D eigenvalue weighted by atomic mass is 10.1. The highest BCUT2D eigenvalue weighted by Gasteiger charge is 2.15. The fourth-order valence-electron chi connectivity index (χ4n) is 1.40. The monoisotopic (exact) mass is 190 g/mol. The van der Waals surface area contributed by atoms with Gasteiger partial charge in [0.15, 0.2) is 5.78 Å². The van der Waals surface area contributed by atoms with E-state index >= 15 is 0 Å². The first-order chi connectivity index (χ1) is 6.83. The number of hydrogen-bond acceptors (Lipinski definition) is 4. The minimum atomic E-state index is -0.186. The van der Waals surface area contributed by atoms with Crippen molar-refractivity contribution >= 4 is 11.5 Å². The maximum atomic E-state index is 11.5. The minimum Gasteiger partial charge on any atom is -0.375 e. The van der Waals surface area contributed by atoms with E-state index in [9.17, 15) is 4.79 Å². The highest BCUT2D eigenvalue weighted by Crippen LogP contribution is 2.20. The van der Waals surface area contributed by atoms with Crippen molar-refractivity contribution in [3.05, 3.63) is 42.1 Å². The Bertz CT molecular complexity index is 387. The van der Waals surface area contributed by atoms with Gasteiger partial charge in [0.2, 0.25) is 0 Å². The van der Waals surface area contributed by atoms with Gasteiger partial charge in [0, 0.05) is 17.8 Å². The van der Waals surface area contributed by atoms with Crippen molar-refractivity contribution < 1.29 is 9.90 Å². The first kappa shape index (κ1) is 8.77. The molecule has 1 heterocycles. The Kier molecular flexibility index (Phi) is 2.20. The first-order valence-electron chi connectivity index (χ1n) is 4.27. The highest BCUT2D eigenvalue weighted by atomic mass is 16.3. The Morgan fingerprint density at radius 3 is 2.93 bits per heavy atom. The van der Waals surface area contributed by atoms with Gasteiger partial charge >= 0.3 is 0 Å². The summed E-state index contributed by atoms with van der Waals surface area (Å²) in [5.74, 6) is -0.0657. The summed E-state index contributed by atoms with van der Waals surface area (Å²) >= 11 is 0. The van der Waals surface area contributed by atoms with Crippen molar-refractivity contribution in [1.82, 2.24) is 5.43 Å². The molecule has 0 saturated carbocycles. The van der Waals surface area contributed by atoms with Crippen LogP contribution < -0.4 is 10.4 Å². The number of carbonyl (C=O) groups is 1. The van der Waals surface area contributed by atoms with Crippen LogP contribution in [0.2, 0.25) is 0 Å². The molecule has 2 rings (SSSR count). The average Bonchev–Trinajstić information content (AvgIpc) is 2.39. The van der Waals surface area contributed by atoms with Crippen LogP contribution >= 0.6 is 0 Å². The third-order valence-corrected chi connectivity index (χ3v) is 2.07. The van der Waals surface area contributed by atoms with E-state index in [1.54, 1.807) is 18.2 Å². The van der Waals surface area contributed by atoms with E-state index in [0.29, 0.717) is 11.3 Å². The van der Waals surface area contributed by atoms with Crippen LogP contribution in [0.3, 0.4) is 0 Å². The Morgan fingerprint density at radius 1 is 1.36 bits per heavy atom. The molecule has 72 valence electrons. The molecule has 0 fully saturated rings. The number of ketones is 1. The first-order valence-corrected chi connectivity index (χ1v) is 4.27. The smallest absolute Gasteiger partial charge is 0.189 e. The Morgan fingerprint density at radius 2 is 2.14 bits per heavy atom. The van der Waals surface area contributed by atoms with Crippen LogP contribution in [0.4, 0.5) is 5.69 Å². The van der Waals surface area contributed by atoms with E-state index in [2.05, 4.69) is 5.43 Å². The second kappa shape index (κ2) is 3.51. The normalized spacial score (nSPS) is 14.6. The molecule has 0 bridgehead atoms. The summed E-state index contributed by atoms with van der Waals surface area (Å²) in [6.45, 7) is -0.186. The number of carbonyl (C=O) groups excluding carboxylic acids is 1. The molecule has 1 aromatic carbocycles. The molecule has 0 unspecified atom stereocenters. The van der Waals surface area contributed by atoms with Gasteiger partial charge in [-0.15, -0.1) is 0 Å². The van der Waals surface area contributed by atoms with E-state index in [1.165, 1.54) is 17.3 Å². The predicted molar refractivity (Wildman–Crippen MR) is 52.6 cm³/mol. The average molecular weight is 190 g/mol.